The molecule has 0 amide bonds. The first kappa shape index (κ1) is 7.03. The molecular weight excluding hydrogens is 152 g/mol. The number of nitrogens with zero attached hydrogens (tertiary/aromatic N) is 2. The average Bonchev–Trinajstić information content (AvgIpc) is 2.56. The van der Waals surface area contributed by atoms with E-state index in [1.54, 1.807) is 12.3 Å². The third-order valence-corrected chi connectivity index (χ3v) is 1.59. The summed E-state index contributed by atoms with van der Waals surface area (Å²) >= 11 is 0. The molecule has 3 nitrogen and oxygen atoms in total. The fraction of sp³-hybridized carbons (Fsp3) is 0.111. The molecule has 2 aromatic heterocycles. The van der Waals surface area contributed by atoms with Gasteiger partial charge in [-0.15, -0.1) is 0 Å². The predicted octanol–water partition coefficient (Wildman–Crippen LogP) is 2.05. The van der Waals surface area contributed by atoms with Gasteiger partial charge in [0.1, 0.15) is 12.0 Å². The Hall–Kier alpha value is -1.64. The van der Waals surface area contributed by atoms with Gasteiger partial charge in [0.05, 0.1) is 5.69 Å². The van der Waals surface area contributed by atoms with Crippen LogP contribution >= 0.6 is 0 Å². The molecule has 60 valence electrons. The molecule has 0 N–H and O–H groups in total. The first-order valence-electron chi connectivity index (χ1n) is 3.71. The molecule has 0 fully saturated rings. The highest BCUT2D eigenvalue weighted by molar-refractivity contribution is 5.52. The molecule has 0 aliphatic carbocycles. The molecule has 0 atom stereocenters. The Morgan fingerprint density at radius 1 is 1.17 bits per heavy atom. The van der Waals surface area contributed by atoms with Crippen LogP contribution in [0, 0.1) is 6.92 Å². The molecule has 0 aliphatic heterocycles. The fourth-order valence-corrected chi connectivity index (χ4v) is 1.03. The Bertz CT molecular complexity index is 368. The maximum Gasteiger partial charge on any atom is 0.132 e. The van der Waals surface area contributed by atoms with Gasteiger partial charge in [-0.1, -0.05) is 11.2 Å². The SMILES string of the molecule is Cc1cccc(-c2ccon2)n1. The lowest BCUT2D eigenvalue weighted by atomic mass is 10.2. The highest BCUT2D eigenvalue weighted by Gasteiger charge is 2.00. The van der Waals surface area contributed by atoms with Crippen molar-refractivity contribution in [2.75, 3.05) is 0 Å². The van der Waals surface area contributed by atoms with Crippen molar-refractivity contribution < 1.29 is 4.52 Å². The van der Waals surface area contributed by atoms with Gasteiger partial charge in [0.15, 0.2) is 0 Å². The van der Waals surface area contributed by atoms with Crippen molar-refractivity contribution >= 4 is 0 Å². The summed E-state index contributed by atoms with van der Waals surface area (Å²) < 4.78 is 4.72. The van der Waals surface area contributed by atoms with E-state index in [0.29, 0.717) is 0 Å². The third kappa shape index (κ3) is 1.21. The Kier molecular flexibility index (Phi) is 1.63. The van der Waals surface area contributed by atoms with Crippen LogP contribution in [-0.2, 0) is 0 Å². The van der Waals surface area contributed by atoms with Crippen molar-refractivity contribution in [2.24, 2.45) is 0 Å². The van der Waals surface area contributed by atoms with E-state index in [9.17, 15) is 0 Å². The smallest absolute Gasteiger partial charge is 0.132 e. The Morgan fingerprint density at radius 2 is 2.08 bits per heavy atom. The second-order valence-corrected chi connectivity index (χ2v) is 2.55. The van der Waals surface area contributed by atoms with E-state index in [2.05, 4.69) is 10.1 Å². The van der Waals surface area contributed by atoms with Crippen LogP contribution in [0.5, 0.6) is 0 Å². The normalized spacial score (nSPS) is 10.1. The first-order chi connectivity index (χ1) is 5.86. The van der Waals surface area contributed by atoms with Crippen molar-refractivity contribution in [3.8, 4) is 11.4 Å². The summed E-state index contributed by atoms with van der Waals surface area (Å²) in [5, 5.41) is 3.79. The molecule has 0 spiro atoms. The predicted molar refractivity (Wildman–Crippen MR) is 44.5 cm³/mol. The van der Waals surface area contributed by atoms with Crippen molar-refractivity contribution in [1.82, 2.24) is 10.1 Å². The van der Waals surface area contributed by atoms with Crippen LogP contribution in [0.3, 0.4) is 0 Å². The zero-order valence-corrected chi connectivity index (χ0v) is 6.69. The van der Waals surface area contributed by atoms with Gasteiger partial charge >= 0.3 is 0 Å². The van der Waals surface area contributed by atoms with Crippen molar-refractivity contribution in [3.63, 3.8) is 0 Å². The molecule has 3 heteroatoms. The maximum atomic E-state index is 4.72. The summed E-state index contributed by atoms with van der Waals surface area (Å²) in [4.78, 5) is 4.29. The van der Waals surface area contributed by atoms with Crippen LogP contribution in [0.1, 0.15) is 5.69 Å². The minimum atomic E-state index is 0.777. The second kappa shape index (κ2) is 2.77. The standard InChI is InChI=1S/C9H8N2O/c1-7-3-2-4-8(10-7)9-5-6-12-11-9/h2-6H,1H3. The first-order valence-corrected chi connectivity index (χ1v) is 3.71. The number of aromatic nitrogens is 2. The van der Waals surface area contributed by atoms with E-state index in [0.717, 1.165) is 17.1 Å². The average molecular weight is 160 g/mol. The van der Waals surface area contributed by atoms with E-state index in [1.807, 2.05) is 25.1 Å². The number of pyridine rings is 1. The fourth-order valence-electron chi connectivity index (χ4n) is 1.03. The van der Waals surface area contributed by atoms with Crippen molar-refractivity contribution in [3.05, 3.63) is 36.2 Å². The van der Waals surface area contributed by atoms with Gasteiger partial charge < -0.3 is 4.52 Å². The molecule has 0 unspecified atom stereocenters. The van der Waals surface area contributed by atoms with Crippen LogP contribution in [0.15, 0.2) is 35.1 Å². The van der Waals surface area contributed by atoms with E-state index >= 15 is 0 Å². The number of hydrogen-bond acceptors (Lipinski definition) is 3. The summed E-state index contributed by atoms with van der Waals surface area (Å²) in [7, 11) is 0. The quantitative estimate of drug-likeness (QED) is 0.640. The van der Waals surface area contributed by atoms with Gasteiger partial charge in [0.25, 0.3) is 0 Å². The third-order valence-electron chi connectivity index (χ3n) is 1.59. The lowest BCUT2D eigenvalue weighted by Crippen LogP contribution is -1.85. The zero-order chi connectivity index (χ0) is 8.39. The van der Waals surface area contributed by atoms with Crippen LogP contribution in [0.25, 0.3) is 11.4 Å². The molecule has 0 saturated carbocycles. The van der Waals surface area contributed by atoms with Crippen LogP contribution in [0.2, 0.25) is 0 Å². The van der Waals surface area contributed by atoms with Gasteiger partial charge in [-0.25, -0.2) is 0 Å². The van der Waals surface area contributed by atoms with Crippen LogP contribution in [-0.4, -0.2) is 10.1 Å². The monoisotopic (exact) mass is 160 g/mol. The Labute approximate surface area is 70.0 Å². The zero-order valence-electron chi connectivity index (χ0n) is 6.69. The molecule has 2 aromatic rings. The van der Waals surface area contributed by atoms with Gasteiger partial charge in [-0.3, -0.25) is 4.98 Å². The molecule has 0 aliphatic rings. The molecule has 12 heavy (non-hydrogen) atoms. The summed E-state index contributed by atoms with van der Waals surface area (Å²) in [5.41, 5.74) is 2.61. The van der Waals surface area contributed by atoms with E-state index in [1.165, 1.54) is 0 Å². The van der Waals surface area contributed by atoms with Crippen LogP contribution in [0.4, 0.5) is 0 Å². The second-order valence-electron chi connectivity index (χ2n) is 2.55. The van der Waals surface area contributed by atoms with Gasteiger partial charge in [-0.05, 0) is 19.1 Å². The van der Waals surface area contributed by atoms with Gasteiger partial charge in [0, 0.05) is 11.8 Å². The molecule has 0 aromatic carbocycles. The van der Waals surface area contributed by atoms with Gasteiger partial charge in [0.2, 0.25) is 0 Å². The summed E-state index contributed by atoms with van der Waals surface area (Å²) in [6.45, 7) is 1.95. The van der Waals surface area contributed by atoms with E-state index < -0.39 is 0 Å². The number of aryl methyl sites for hydroxylation is 1. The lowest BCUT2D eigenvalue weighted by Gasteiger charge is -1.94. The van der Waals surface area contributed by atoms with Crippen LogP contribution < -0.4 is 0 Å². The minimum Gasteiger partial charge on any atom is -0.364 e. The molecule has 2 rings (SSSR count). The maximum absolute atomic E-state index is 4.72. The van der Waals surface area contributed by atoms with E-state index in [-0.39, 0.29) is 0 Å². The molecule has 0 bridgehead atoms. The largest absolute Gasteiger partial charge is 0.364 e. The highest BCUT2D eigenvalue weighted by atomic mass is 16.5. The Morgan fingerprint density at radius 3 is 2.75 bits per heavy atom. The van der Waals surface area contributed by atoms with Gasteiger partial charge in [-0.2, -0.15) is 0 Å². The molecule has 2 heterocycles. The number of hydrogen-bond donors (Lipinski definition) is 0. The Balaban J connectivity index is 2.48. The summed E-state index contributed by atoms with van der Waals surface area (Å²) in [5.74, 6) is 0. The topological polar surface area (TPSA) is 38.9 Å². The van der Waals surface area contributed by atoms with E-state index in [4.69, 9.17) is 4.52 Å². The minimum absolute atomic E-state index is 0.777. The number of rotatable bonds is 1. The molecule has 0 saturated heterocycles. The van der Waals surface area contributed by atoms with Crippen molar-refractivity contribution in [1.29, 1.82) is 0 Å². The van der Waals surface area contributed by atoms with Crippen molar-refractivity contribution in [2.45, 2.75) is 6.92 Å². The summed E-state index contributed by atoms with van der Waals surface area (Å²) in [6.07, 6.45) is 1.54. The summed E-state index contributed by atoms with van der Waals surface area (Å²) in [6, 6.07) is 7.60. The molecule has 0 radical (unpaired) electrons. The highest BCUT2D eigenvalue weighted by Crippen LogP contribution is 2.13. The molecular formula is C9H8N2O. The lowest BCUT2D eigenvalue weighted by molar-refractivity contribution is 0.422.